The molecule has 0 heterocycles. The van der Waals surface area contributed by atoms with E-state index in [4.69, 9.17) is 4.74 Å². The molecule has 6 nitrogen and oxygen atoms in total. The topological polar surface area (TPSA) is 76.0 Å². The molecular formula is C17H28N2O4. The van der Waals surface area contributed by atoms with Gasteiger partial charge in [-0.1, -0.05) is 20.8 Å². The van der Waals surface area contributed by atoms with E-state index in [9.17, 15) is 14.4 Å². The second-order valence-electron chi connectivity index (χ2n) is 7.96. The number of nitrogens with zero attached hydrogens (tertiary/aromatic N) is 2. The highest BCUT2D eigenvalue weighted by atomic mass is 16.6. The van der Waals surface area contributed by atoms with Gasteiger partial charge in [0, 0.05) is 18.9 Å². The Morgan fingerprint density at radius 1 is 1.13 bits per heavy atom. The predicted molar refractivity (Wildman–Crippen MR) is 88.2 cm³/mol. The smallest absolute Gasteiger partial charge is 0.430 e. The quantitative estimate of drug-likeness (QED) is 0.577. The van der Waals surface area contributed by atoms with Gasteiger partial charge in [0.25, 0.3) is 0 Å². The van der Waals surface area contributed by atoms with Crippen molar-refractivity contribution >= 4 is 23.4 Å². The fraction of sp³-hybridized carbons (Fsp3) is 0.765. The SMILES string of the molecule is CN(/N=C1/CCCC(=O)C1C(=O)C(C)(C)C)C(=O)OC(C)(C)C. The molecule has 1 fully saturated rings. The van der Waals surface area contributed by atoms with Gasteiger partial charge in [0.1, 0.15) is 17.3 Å². The Hall–Kier alpha value is -1.72. The first-order valence-corrected chi connectivity index (χ1v) is 7.94. The van der Waals surface area contributed by atoms with Crippen molar-refractivity contribution in [2.45, 2.75) is 66.4 Å². The minimum Gasteiger partial charge on any atom is -0.442 e. The molecule has 1 amide bonds. The molecule has 1 saturated carbocycles. The molecule has 1 atom stereocenters. The lowest BCUT2D eigenvalue weighted by atomic mass is 9.74. The van der Waals surface area contributed by atoms with Crippen LogP contribution < -0.4 is 0 Å². The third-order valence-corrected chi connectivity index (χ3v) is 3.45. The van der Waals surface area contributed by atoms with Crippen molar-refractivity contribution in [1.82, 2.24) is 5.01 Å². The summed E-state index contributed by atoms with van der Waals surface area (Å²) in [5.41, 5.74) is -0.813. The number of ether oxygens (including phenoxy) is 1. The van der Waals surface area contributed by atoms with E-state index < -0.39 is 23.0 Å². The van der Waals surface area contributed by atoms with Crippen molar-refractivity contribution < 1.29 is 19.1 Å². The van der Waals surface area contributed by atoms with Gasteiger partial charge in [0.15, 0.2) is 5.78 Å². The van der Waals surface area contributed by atoms with Gasteiger partial charge in [-0.2, -0.15) is 5.10 Å². The number of Topliss-reactive ketones (excluding diaryl/α,β-unsaturated/α-hetero) is 2. The van der Waals surface area contributed by atoms with Crippen LogP contribution in [0.4, 0.5) is 4.79 Å². The van der Waals surface area contributed by atoms with Crippen LogP contribution >= 0.6 is 0 Å². The highest BCUT2D eigenvalue weighted by molar-refractivity contribution is 6.23. The average Bonchev–Trinajstić information content (AvgIpc) is 2.35. The Labute approximate surface area is 138 Å². The number of ketones is 2. The van der Waals surface area contributed by atoms with E-state index in [0.29, 0.717) is 25.0 Å². The van der Waals surface area contributed by atoms with Crippen LogP contribution in [0.1, 0.15) is 60.8 Å². The third kappa shape index (κ3) is 5.44. The molecular weight excluding hydrogens is 296 g/mol. The molecule has 0 aromatic rings. The molecule has 1 aliphatic carbocycles. The lowest BCUT2D eigenvalue weighted by Gasteiger charge is -2.29. The molecule has 1 unspecified atom stereocenters. The van der Waals surface area contributed by atoms with Crippen LogP contribution in [0.3, 0.4) is 0 Å². The summed E-state index contributed by atoms with van der Waals surface area (Å²) in [6.07, 6.45) is 0.950. The molecule has 0 saturated heterocycles. The van der Waals surface area contributed by atoms with Gasteiger partial charge < -0.3 is 4.74 Å². The summed E-state index contributed by atoms with van der Waals surface area (Å²) in [6.45, 7) is 10.6. The van der Waals surface area contributed by atoms with Gasteiger partial charge in [0.05, 0.1) is 5.71 Å². The Morgan fingerprint density at radius 3 is 2.17 bits per heavy atom. The average molecular weight is 324 g/mol. The van der Waals surface area contributed by atoms with E-state index in [-0.39, 0.29) is 11.6 Å². The van der Waals surface area contributed by atoms with Crippen LogP contribution in [0.2, 0.25) is 0 Å². The monoisotopic (exact) mass is 324 g/mol. The first-order chi connectivity index (χ1) is 10.3. The molecule has 0 aromatic heterocycles. The number of carbonyl (C=O) groups excluding carboxylic acids is 3. The number of rotatable bonds is 2. The highest BCUT2D eigenvalue weighted by Crippen LogP contribution is 2.28. The van der Waals surface area contributed by atoms with E-state index >= 15 is 0 Å². The molecule has 0 spiro atoms. The van der Waals surface area contributed by atoms with Gasteiger partial charge in [-0.3, -0.25) is 9.59 Å². The summed E-state index contributed by atoms with van der Waals surface area (Å²) in [5.74, 6) is -1.13. The van der Waals surface area contributed by atoms with Gasteiger partial charge in [0.2, 0.25) is 0 Å². The number of carbonyl (C=O) groups is 3. The molecule has 1 aliphatic rings. The van der Waals surface area contributed by atoms with Crippen molar-refractivity contribution in [3.8, 4) is 0 Å². The molecule has 6 heteroatoms. The second kappa shape index (κ2) is 6.81. The minimum absolute atomic E-state index is 0.118. The fourth-order valence-corrected chi connectivity index (χ4v) is 2.32. The van der Waals surface area contributed by atoms with Crippen LogP contribution in [0.25, 0.3) is 0 Å². The van der Waals surface area contributed by atoms with E-state index in [2.05, 4.69) is 5.10 Å². The summed E-state index contributed by atoms with van der Waals surface area (Å²) >= 11 is 0. The molecule has 1 rings (SSSR count). The maximum atomic E-state index is 12.6. The Balaban J connectivity index is 3.03. The normalized spacial score (nSPS) is 21.3. The largest absolute Gasteiger partial charge is 0.442 e. The Morgan fingerprint density at radius 2 is 1.70 bits per heavy atom. The third-order valence-electron chi connectivity index (χ3n) is 3.45. The van der Waals surface area contributed by atoms with Crippen molar-refractivity contribution in [1.29, 1.82) is 0 Å². The molecule has 0 bridgehead atoms. The maximum Gasteiger partial charge on any atom is 0.430 e. The standard InChI is InChI=1S/C17H28N2O4/c1-16(2,3)14(21)13-11(9-8-10-12(13)20)18-19(7)15(22)23-17(4,5)6/h13H,8-10H2,1-7H3/b18-11-. The lowest BCUT2D eigenvalue weighted by Crippen LogP contribution is -2.42. The fourth-order valence-electron chi connectivity index (χ4n) is 2.32. The minimum atomic E-state index is -0.853. The number of hydrogen-bond acceptors (Lipinski definition) is 5. The van der Waals surface area contributed by atoms with Crippen LogP contribution in [0.5, 0.6) is 0 Å². The van der Waals surface area contributed by atoms with Crippen LogP contribution in [-0.2, 0) is 14.3 Å². The highest BCUT2D eigenvalue weighted by Gasteiger charge is 2.40. The molecule has 0 aliphatic heterocycles. The van der Waals surface area contributed by atoms with Gasteiger partial charge in [-0.05, 0) is 33.6 Å². The second-order valence-corrected chi connectivity index (χ2v) is 7.96. The summed E-state index contributed by atoms with van der Waals surface area (Å²) < 4.78 is 5.24. The van der Waals surface area contributed by atoms with Crippen LogP contribution in [-0.4, -0.2) is 41.0 Å². The van der Waals surface area contributed by atoms with Crippen LogP contribution in [0, 0.1) is 11.3 Å². The number of hydrogen-bond donors (Lipinski definition) is 0. The lowest BCUT2D eigenvalue weighted by molar-refractivity contribution is -0.135. The van der Waals surface area contributed by atoms with Gasteiger partial charge >= 0.3 is 6.09 Å². The zero-order chi connectivity index (χ0) is 18.0. The summed E-state index contributed by atoms with van der Waals surface area (Å²) in [6, 6.07) is 0. The van der Waals surface area contributed by atoms with Crippen molar-refractivity contribution in [3.63, 3.8) is 0 Å². The van der Waals surface area contributed by atoms with Crippen molar-refractivity contribution in [2.75, 3.05) is 7.05 Å². The predicted octanol–water partition coefficient (Wildman–Crippen LogP) is 3.19. The van der Waals surface area contributed by atoms with E-state index in [0.717, 1.165) is 5.01 Å². The number of hydrazone groups is 1. The van der Waals surface area contributed by atoms with E-state index in [1.54, 1.807) is 41.5 Å². The molecule has 0 N–H and O–H groups in total. The maximum absolute atomic E-state index is 12.6. The van der Waals surface area contributed by atoms with E-state index in [1.807, 2.05) is 0 Å². The molecule has 23 heavy (non-hydrogen) atoms. The van der Waals surface area contributed by atoms with Crippen molar-refractivity contribution in [3.05, 3.63) is 0 Å². The zero-order valence-corrected chi connectivity index (χ0v) is 15.2. The Kier molecular flexibility index (Phi) is 5.72. The number of amides is 1. The van der Waals surface area contributed by atoms with Gasteiger partial charge in [-0.25, -0.2) is 9.80 Å². The zero-order valence-electron chi connectivity index (χ0n) is 15.2. The van der Waals surface area contributed by atoms with E-state index in [1.165, 1.54) is 7.05 Å². The van der Waals surface area contributed by atoms with Crippen molar-refractivity contribution in [2.24, 2.45) is 16.4 Å². The molecule has 130 valence electrons. The first kappa shape index (κ1) is 19.3. The molecule has 0 aromatic carbocycles. The summed E-state index contributed by atoms with van der Waals surface area (Å²) in [7, 11) is 1.47. The van der Waals surface area contributed by atoms with Crippen LogP contribution in [0.15, 0.2) is 5.10 Å². The summed E-state index contributed by atoms with van der Waals surface area (Å²) in [5, 5.41) is 5.29. The van der Waals surface area contributed by atoms with Gasteiger partial charge in [-0.15, -0.1) is 0 Å². The Bertz CT molecular complexity index is 524. The first-order valence-electron chi connectivity index (χ1n) is 7.94. The summed E-state index contributed by atoms with van der Waals surface area (Å²) in [4.78, 5) is 36.8. The molecule has 0 radical (unpaired) electrons.